The SMILES string of the molecule is Cc1cccc(CCC(=O)n2nc(C)cc2C)c1. The molecular weight excluding hydrogens is 224 g/mol. The number of hydrogen-bond acceptors (Lipinski definition) is 2. The average molecular weight is 242 g/mol. The second kappa shape index (κ2) is 5.17. The normalized spacial score (nSPS) is 10.6. The highest BCUT2D eigenvalue weighted by Crippen LogP contribution is 2.09. The Bertz CT molecular complexity index is 570. The Hall–Kier alpha value is -1.90. The lowest BCUT2D eigenvalue weighted by molar-refractivity contribution is 0.0884. The van der Waals surface area contributed by atoms with Gasteiger partial charge in [0, 0.05) is 12.1 Å². The fourth-order valence-electron chi connectivity index (χ4n) is 2.11. The maximum atomic E-state index is 12.0. The van der Waals surface area contributed by atoms with Crippen LogP contribution in [0.2, 0.25) is 0 Å². The molecule has 0 unspecified atom stereocenters. The molecule has 3 heteroatoms. The molecule has 1 heterocycles. The van der Waals surface area contributed by atoms with Crippen molar-refractivity contribution in [3.63, 3.8) is 0 Å². The quantitative estimate of drug-likeness (QED) is 0.829. The van der Waals surface area contributed by atoms with Crippen LogP contribution in [0.25, 0.3) is 0 Å². The van der Waals surface area contributed by atoms with E-state index in [0.717, 1.165) is 17.8 Å². The summed E-state index contributed by atoms with van der Waals surface area (Å²) in [5.74, 6) is 0.0575. The van der Waals surface area contributed by atoms with Crippen LogP contribution >= 0.6 is 0 Å². The Morgan fingerprint density at radius 3 is 2.61 bits per heavy atom. The highest BCUT2D eigenvalue weighted by molar-refractivity contribution is 5.78. The molecular formula is C15H18N2O. The fourth-order valence-corrected chi connectivity index (χ4v) is 2.11. The van der Waals surface area contributed by atoms with Crippen molar-refractivity contribution in [2.45, 2.75) is 33.6 Å². The number of carbonyl (C=O) groups is 1. The second-order valence-electron chi connectivity index (χ2n) is 4.72. The Morgan fingerprint density at radius 2 is 2.00 bits per heavy atom. The van der Waals surface area contributed by atoms with Crippen LogP contribution in [0.4, 0.5) is 0 Å². The number of benzene rings is 1. The van der Waals surface area contributed by atoms with Crippen molar-refractivity contribution in [1.29, 1.82) is 0 Å². The number of aryl methyl sites for hydroxylation is 4. The second-order valence-corrected chi connectivity index (χ2v) is 4.72. The van der Waals surface area contributed by atoms with Crippen molar-refractivity contribution >= 4 is 5.91 Å². The molecule has 1 aromatic heterocycles. The van der Waals surface area contributed by atoms with Crippen LogP contribution in [0.5, 0.6) is 0 Å². The lowest BCUT2D eigenvalue weighted by Crippen LogP contribution is -2.14. The maximum Gasteiger partial charge on any atom is 0.247 e. The van der Waals surface area contributed by atoms with Crippen molar-refractivity contribution in [2.24, 2.45) is 0 Å². The van der Waals surface area contributed by atoms with Crippen LogP contribution in [-0.4, -0.2) is 15.7 Å². The monoisotopic (exact) mass is 242 g/mol. The minimum Gasteiger partial charge on any atom is -0.273 e. The van der Waals surface area contributed by atoms with Gasteiger partial charge in [0.1, 0.15) is 0 Å². The smallest absolute Gasteiger partial charge is 0.247 e. The molecule has 0 bridgehead atoms. The lowest BCUT2D eigenvalue weighted by atomic mass is 10.1. The van der Waals surface area contributed by atoms with Crippen molar-refractivity contribution in [2.75, 3.05) is 0 Å². The highest BCUT2D eigenvalue weighted by Gasteiger charge is 2.09. The van der Waals surface area contributed by atoms with Crippen LogP contribution in [0.15, 0.2) is 30.3 Å². The van der Waals surface area contributed by atoms with E-state index in [1.54, 1.807) is 0 Å². The van der Waals surface area contributed by atoms with Gasteiger partial charge in [-0.2, -0.15) is 5.10 Å². The summed E-state index contributed by atoms with van der Waals surface area (Å²) < 4.78 is 1.51. The standard InChI is InChI=1S/C15H18N2O/c1-11-5-4-6-14(9-11)7-8-15(18)17-13(3)10-12(2)16-17/h4-6,9-10H,7-8H2,1-3H3. The average Bonchev–Trinajstić information content (AvgIpc) is 2.66. The van der Waals surface area contributed by atoms with Gasteiger partial charge in [0.15, 0.2) is 0 Å². The van der Waals surface area contributed by atoms with Crippen LogP contribution in [0.1, 0.15) is 33.7 Å². The number of carbonyl (C=O) groups excluding carboxylic acids is 1. The van der Waals surface area contributed by atoms with Gasteiger partial charge in [-0.3, -0.25) is 4.79 Å². The molecule has 0 aliphatic carbocycles. The summed E-state index contributed by atoms with van der Waals surface area (Å²) >= 11 is 0. The predicted octanol–water partition coefficient (Wildman–Crippen LogP) is 3.08. The topological polar surface area (TPSA) is 34.9 Å². The van der Waals surface area contributed by atoms with E-state index in [-0.39, 0.29) is 5.91 Å². The number of hydrogen-bond donors (Lipinski definition) is 0. The van der Waals surface area contributed by atoms with E-state index in [4.69, 9.17) is 0 Å². The van der Waals surface area contributed by atoms with Gasteiger partial charge >= 0.3 is 0 Å². The minimum atomic E-state index is 0.0575. The van der Waals surface area contributed by atoms with Crippen molar-refractivity contribution in [1.82, 2.24) is 9.78 Å². The zero-order valence-corrected chi connectivity index (χ0v) is 11.1. The molecule has 94 valence electrons. The first-order valence-electron chi connectivity index (χ1n) is 6.18. The van der Waals surface area contributed by atoms with E-state index in [2.05, 4.69) is 30.2 Å². The first-order valence-corrected chi connectivity index (χ1v) is 6.18. The lowest BCUT2D eigenvalue weighted by Gasteiger charge is -2.04. The molecule has 0 saturated heterocycles. The molecule has 2 rings (SSSR count). The third-order valence-electron chi connectivity index (χ3n) is 2.96. The molecule has 0 spiro atoms. The van der Waals surface area contributed by atoms with Gasteiger partial charge in [-0.15, -0.1) is 0 Å². The molecule has 0 saturated carbocycles. The summed E-state index contributed by atoms with van der Waals surface area (Å²) in [7, 11) is 0. The molecule has 0 radical (unpaired) electrons. The largest absolute Gasteiger partial charge is 0.273 e. The summed E-state index contributed by atoms with van der Waals surface area (Å²) in [6.07, 6.45) is 1.25. The molecule has 18 heavy (non-hydrogen) atoms. The molecule has 0 aliphatic heterocycles. The van der Waals surface area contributed by atoms with Gasteiger partial charge in [0.2, 0.25) is 5.91 Å². The Morgan fingerprint density at radius 1 is 1.22 bits per heavy atom. The summed E-state index contributed by atoms with van der Waals surface area (Å²) in [6, 6.07) is 10.2. The van der Waals surface area contributed by atoms with Crippen LogP contribution in [-0.2, 0) is 6.42 Å². The zero-order valence-electron chi connectivity index (χ0n) is 11.1. The van der Waals surface area contributed by atoms with Gasteiger partial charge < -0.3 is 0 Å². The maximum absolute atomic E-state index is 12.0. The summed E-state index contributed by atoms with van der Waals surface area (Å²) in [5, 5.41) is 4.21. The van der Waals surface area contributed by atoms with Gasteiger partial charge in [0.05, 0.1) is 5.69 Å². The molecule has 0 fully saturated rings. The van der Waals surface area contributed by atoms with Crippen molar-refractivity contribution in [3.05, 3.63) is 52.8 Å². The zero-order chi connectivity index (χ0) is 13.1. The highest BCUT2D eigenvalue weighted by atomic mass is 16.2. The molecule has 2 aromatic rings. The van der Waals surface area contributed by atoms with E-state index in [1.807, 2.05) is 26.0 Å². The fraction of sp³-hybridized carbons (Fsp3) is 0.333. The molecule has 0 atom stereocenters. The van der Waals surface area contributed by atoms with Crippen LogP contribution in [0, 0.1) is 20.8 Å². The van der Waals surface area contributed by atoms with Crippen LogP contribution in [0.3, 0.4) is 0 Å². The Balaban J connectivity index is 2.03. The molecule has 0 aliphatic rings. The first kappa shape index (κ1) is 12.6. The first-order chi connectivity index (χ1) is 8.56. The summed E-state index contributed by atoms with van der Waals surface area (Å²) in [4.78, 5) is 12.0. The molecule has 1 aromatic carbocycles. The van der Waals surface area contributed by atoms with Gasteiger partial charge in [-0.25, -0.2) is 4.68 Å². The third-order valence-corrected chi connectivity index (χ3v) is 2.96. The van der Waals surface area contributed by atoms with Gasteiger partial charge in [-0.05, 0) is 38.8 Å². The number of aromatic nitrogens is 2. The molecule has 3 nitrogen and oxygen atoms in total. The van der Waals surface area contributed by atoms with Crippen molar-refractivity contribution < 1.29 is 4.79 Å². The van der Waals surface area contributed by atoms with E-state index >= 15 is 0 Å². The van der Waals surface area contributed by atoms with E-state index < -0.39 is 0 Å². The van der Waals surface area contributed by atoms with Gasteiger partial charge in [-0.1, -0.05) is 29.8 Å². The molecule has 0 N–H and O–H groups in total. The Labute approximate surface area is 107 Å². The Kier molecular flexibility index (Phi) is 3.60. The number of rotatable bonds is 3. The van der Waals surface area contributed by atoms with E-state index in [9.17, 15) is 4.79 Å². The molecule has 0 amide bonds. The van der Waals surface area contributed by atoms with E-state index in [1.165, 1.54) is 15.8 Å². The summed E-state index contributed by atoms with van der Waals surface area (Å²) in [5.41, 5.74) is 4.22. The third kappa shape index (κ3) is 2.86. The van der Waals surface area contributed by atoms with Gasteiger partial charge in [0.25, 0.3) is 0 Å². The predicted molar refractivity (Wildman–Crippen MR) is 71.8 cm³/mol. The summed E-state index contributed by atoms with van der Waals surface area (Å²) in [6.45, 7) is 5.87. The minimum absolute atomic E-state index is 0.0575. The number of nitrogens with zero attached hydrogens (tertiary/aromatic N) is 2. The van der Waals surface area contributed by atoms with E-state index in [0.29, 0.717) is 6.42 Å². The van der Waals surface area contributed by atoms with Crippen molar-refractivity contribution in [3.8, 4) is 0 Å². The van der Waals surface area contributed by atoms with Crippen LogP contribution < -0.4 is 0 Å².